The molecular formula is C19H22N2O5S. The van der Waals surface area contributed by atoms with Gasteiger partial charge >= 0.3 is 0 Å². The molecule has 7 nitrogen and oxygen atoms in total. The van der Waals surface area contributed by atoms with Crippen molar-refractivity contribution >= 4 is 27.3 Å². The third-order valence-corrected chi connectivity index (χ3v) is 6.38. The van der Waals surface area contributed by atoms with Gasteiger partial charge in [0.05, 0.1) is 38.2 Å². The first kappa shape index (κ1) is 19.0. The Labute approximate surface area is 159 Å². The van der Waals surface area contributed by atoms with E-state index in [9.17, 15) is 13.2 Å². The second-order valence-electron chi connectivity index (χ2n) is 6.28. The van der Waals surface area contributed by atoms with Gasteiger partial charge in [0.15, 0.2) is 0 Å². The molecule has 0 aliphatic carbocycles. The maximum atomic E-state index is 13.5. The van der Waals surface area contributed by atoms with Gasteiger partial charge in [-0.3, -0.25) is 9.10 Å². The normalized spacial score (nSPS) is 16.7. The third kappa shape index (κ3) is 3.21. The van der Waals surface area contributed by atoms with Gasteiger partial charge in [0, 0.05) is 13.0 Å². The lowest BCUT2D eigenvalue weighted by molar-refractivity contribution is -0.117. The number of amides is 1. The highest BCUT2D eigenvalue weighted by molar-refractivity contribution is 7.93. The minimum absolute atomic E-state index is 0.0454. The number of ether oxygens (including phenoxy) is 2. The van der Waals surface area contributed by atoms with Crippen molar-refractivity contribution in [2.45, 2.75) is 24.8 Å². The fourth-order valence-corrected chi connectivity index (χ4v) is 5.05. The average molecular weight is 390 g/mol. The Morgan fingerprint density at radius 3 is 2.33 bits per heavy atom. The van der Waals surface area contributed by atoms with Crippen LogP contribution in [0, 0.1) is 0 Å². The third-order valence-electron chi connectivity index (χ3n) is 4.56. The van der Waals surface area contributed by atoms with Crippen LogP contribution in [0.25, 0.3) is 0 Å². The Hall–Kier alpha value is -2.74. The lowest BCUT2D eigenvalue weighted by Crippen LogP contribution is -2.51. The number of para-hydroxylation sites is 2. The van der Waals surface area contributed by atoms with E-state index < -0.39 is 10.0 Å². The molecule has 0 aromatic heterocycles. The van der Waals surface area contributed by atoms with Crippen molar-refractivity contribution in [2.75, 3.05) is 30.0 Å². The van der Waals surface area contributed by atoms with Crippen LogP contribution >= 0.6 is 0 Å². The zero-order chi connectivity index (χ0) is 19.8. The van der Waals surface area contributed by atoms with Gasteiger partial charge in [-0.05, 0) is 31.2 Å². The van der Waals surface area contributed by atoms with E-state index in [1.165, 1.54) is 37.6 Å². The number of benzene rings is 2. The predicted octanol–water partition coefficient (Wildman–Crippen LogP) is 2.65. The van der Waals surface area contributed by atoms with Gasteiger partial charge in [-0.25, -0.2) is 8.42 Å². The lowest BCUT2D eigenvalue weighted by atomic mass is 10.1. The Kier molecular flexibility index (Phi) is 5.01. The fraction of sp³-hybridized carbons (Fsp3) is 0.316. The van der Waals surface area contributed by atoms with Crippen LogP contribution < -0.4 is 18.7 Å². The molecule has 8 heteroatoms. The summed E-state index contributed by atoms with van der Waals surface area (Å²) in [6.45, 7) is 3.45. The maximum absolute atomic E-state index is 13.5. The second kappa shape index (κ2) is 7.11. The van der Waals surface area contributed by atoms with Crippen molar-refractivity contribution in [3.8, 4) is 11.5 Å². The number of rotatable bonds is 4. The predicted molar refractivity (Wildman–Crippen MR) is 103 cm³/mol. The molecule has 3 rings (SSSR count). The summed E-state index contributed by atoms with van der Waals surface area (Å²) in [7, 11) is -0.994. The fourth-order valence-electron chi connectivity index (χ4n) is 3.35. The van der Waals surface area contributed by atoms with E-state index in [-0.39, 0.29) is 29.1 Å². The number of anilines is 2. The van der Waals surface area contributed by atoms with E-state index >= 15 is 0 Å². The van der Waals surface area contributed by atoms with E-state index in [2.05, 4.69) is 0 Å². The first-order valence-electron chi connectivity index (χ1n) is 8.45. The number of carbonyl (C=O) groups is 1. The molecule has 1 heterocycles. The van der Waals surface area contributed by atoms with Gasteiger partial charge in [-0.1, -0.05) is 12.1 Å². The van der Waals surface area contributed by atoms with Crippen LogP contribution in [0.15, 0.2) is 47.4 Å². The molecule has 0 radical (unpaired) electrons. The SMILES string of the molecule is COc1ccc(S(=O)(=O)N2CC(C)N(C(C)=O)c3ccccc32)c(OC)c1. The van der Waals surface area contributed by atoms with E-state index in [0.717, 1.165) is 0 Å². The summed E-state index contributed by atoms with van der Waals surface area (Å²) in [4.78, 5) is 13.8. The van der Waals surface area contributed by atoms with Gasteiger partial charge in [0.2, 0.25) is 5.91 Å². The molecule has 1 unspecified atom stereocenters. The molecule has 0 saturated heterocycles. The van der Waals surface area contributed by atoms with Crippen molar-refractivity contribution < 1.29 is 22.7 Å². The monoisotopic (exact) mass is 390 g/mol. The second-order valence-corrected chi connectivity index (χ2v) is 8.11. The number of methoxy groups -OCH3 is 2. The largest absolute Gasteiger partial charge is 0.497 e. The number of sulfonamides is 1. The van der Waals surface area contributed by atoms with Crippen LogP contribution in [0.1, 0.15) is 13.8 Å². The molecule has 0 fully saturated rings. The summed E-state index contributed by atoms with van der Waals surface area (Å²) >= 11 is 0. The quantitative estimate of drug-likeness (QED) is 0.802. The Balaban J connectivity index is 2.15. The van der Waals surface area contributed by atoms with Gasteiger partial charge < -0.3 is 14.4 Å². The molecule has 0 bridgehead atoms. The maximum Gasteiger partial charge on any atom is 0.268 e. The lowest BCUT2D eigenvalue weighted by Gasteiger charge is -2.41. The highest BCUT2D eigenvalue weighted by Gasteiger charge is 2.38. The molecule has 1 atom stereocenters. The van der Waals surface area contributed by atoms with Crippen LogP contribution in [0.4, 0.5) is 11.4 Å². The van der Waals surface area contributed by atoms with Crippen molar-refractivity contribution in [1.82, 2.24) is 0 Å². The summed E-state index contributed by atoms with van der Waals surface area (Å²) in [6, 6.07) is 11.3. The first-order chi connectivity index (χ1) is 12.8. The molecule has 2 aromatic carbocycles. The molecule has 0 saturated carbocycles. The number of hydrogen-bond donors (Lipinski definition) is 0. The highest BCUT2D eigenvalue weighted by atomic mass is 32.2. The number of carbonyl (C=O) groups excluding carboxylic acids is 1. The Morgan fingerprint density at radius 2 is 1.74 bits per heavy atom. The number of nitrogens with zero attached hydrogens (tertiary/aromatic N) is 2. The van der Waals surface area contributed by atoms with Gasteiger partial charge in [0.1, 0.15) is 16.4 Å². The summed E-state index contributed by atoms with van der Waals surface area (Å²) in [6.07, 6.45) is 0. The number of hydrogen-bond acceptors (Lipinski definition) is 5. The highest BCUT2D eigenvalue weighted by Crippen LogP contribution is 2.40. The number of fused-ring (bicyclic) bond motifs is 1. The zero-order valence-corrected chi connectivity index (χ0v) is 16.5. The smallest absolute Gasteiger partial charge is 0.268 e. The molecule has 144 valence electrons. The first-order valence-corrected chi connectivity index (χ1v) is 9.89. The summed E-state index contributed by atoms with van der Waals surface area (Å²) in [5.41, 5.74) is 1.03. The summed E-state index contributed by atoms with van der Waals surface area (Å²) < 4.78 is 38.7. The van der Waals surface area contributed by atoms with Crippen molar-refractivity contribution in [2.24, 2.45) is 0 Å². The van der Waals surface area contributed by atoms with E-state index in [1.54, 1.807) is 35.2 Å². The minimum Gasteiger partial charge on any atom is -0.497 e. The Bertz CT molecular complexity index is 974. The molecule has 1 amide bonds. The Morgan fingerprint density at radius 1 is 1.07 bits per heavy atom. The van der Waals surface area contributed by atoms with Crippen molar-refractivity contribution in [3.63, 3.8) is 0 Å². The minimum atomic E-state index is -3.91. The van der Waals surface area contributed by atoms with E-state index in [1.807, 2.05) is 6.92 Å². The molecule has 27 heavy (non-hydrogen) atoms. The van der Waals surface area contributed by atoms with Gasteiger partial charge in [0.25, 0.3) is 10.0 Å². The molecule has 0 spiro atoms. The molecule has 0 N–H and O–H groups in total. The zero-order valence-electron chi connectivity index (χ0n) is 15.7. The van der Waals surface area contributed by atoms with Crippen LogP contribution in [0.2, 0.25) is 0 Å². The van der Waals surface area contributed by atoms with Crippen LogP contribution in [0.5, 0.6) is 11.5 Å². The molecular weight excluding hydrogens is 368 g/mol. The van der Waals surface area contributed by atoms with Crippen LogP contribution in [-0.2, 0) is 14.8 Å². The standard InChI is InChI=1S/C19H22N2O5S/c1-13-12-20(16-7-5-6-8-17(16)21(13)14(2)22)27(23,24)19-10-9-15(25-3)11-18(19)26-4/h5-11,13H,12H2,1-4H3. The van der Waals surface area contributed by atoms with Gasteiger partial charge in [-0.15, -0.1) is 0 Å². The topological polar surface area (TPSA) is 76.2 Å². The van der Waals surface area contributed by atoms with Crippen molar-refractivity contribution in [3.05, 3.63) is 42.5 Å². The molecule has 2 aromatic rings. The van der Waals surface area contributed by atoms with Crippen LogP contribution in [0.3, 0.4) is 0 Å². The van der Waals surface area contributed by atoms with Gasteiger partial charge in [-0.2, -0.15) is 0 Å². The molecule has 1 aliphatic rings. The summed E-state index contributed by atoms with van der Waals surface area (Å²) in [5, 5.41) is 0. The van der Waals surface area contributed by atoms with E-state index in [4.69, 9.17) is 9.47 Å². The van der Waals surface area contributed by atoms with Crippen LogP contribution in [-0.4, -0.2) is 41.1 Å². The van der Waals surface area contributed by atoms with E-state index in [0.29, 0.717) is 17.1 Å². The summed E-state index contributed by atoms with van der Waals surface area (Å²) in [5.74, 6) is 0.573. The average Bonchev–Trinajstić information content (AvgIpc) is 2.66. The molecule has 1 aliphatic heterocycles. The van der Waals surface area contributed by atoms with Crippen molar-refractivity contribution in [1.29, 1.82) is 0 Å².